The lowest BCUT2D eigenvalue weighted by molar-refractivity contribution is 0.395. The summed E-state index contributed by atoms with van der Waals surface area (Å²) in [6.45, 7) is 0. The molecule has 2 rings (SSSR count). The maximum absolute atomic E-state index is 6.17. The molecule has 0 saturated carbocycles. The zero-order valence-corrected chi connectivity index (χ0v) is 11.1. The highest BCUT2D eigenvalue weighted by atomic mass is 32.1. The Labute approximate surface area is 110 Å². The molecule has 0 amide bonds. The number of aromatic nitrogens is 2. The van der Waals surface area contributed by atoms with Crippen LogP contribution >= 0.6 is 11.3 Å². The summed E-state index contributed by atoms with van der Waals surface area (Å²) in [5.74, 6) is 1.37. The van der Waals surface area contributed by atoms with E-state index >= 15 is 0 Å². The first-order chi connectivity index (χ1) is 8.74. The summed E-state index contributed by atoms with van der Waals surface area (Å²) in [7, 11) is 3.22. The second kappa shape index (κ2) is 5.79. The normalized spacial score (nSPS) is 12.2. The van der Waals surface area contributed by atoms with E-state index in [2.05, 4.69) is 9.97 Å². The minimum atomic E-state index is -0.139. The fraction of sp³-hybridized carbons (Fsp3) is 0.333. The van der Waals surface area contributed by atoms with Crippen molar-refractivity contribution in [2.45, 2.75) is 12.5 Å². The first kappa shape index (κ1) is 12.8. The van der Waals surface area contributed by atoms with E-state index in [0.29, 0.717) is 12.3 Å². The number of thiophene rings is 1. The van der Waals surface area contributed by atoms with E-state index in [1.807, 2.05) is 11.4 Å². The van der Waals surface area contributed by atoms with Crippen LogP contribution in [0, 0.1) is 0 Å². The molecule has 2 N–H and O–H groups in total. The highest BCUT2D eigenvalue weighted by Gasteiger charge is 2.15. The van der Waals surface area contributed by atoms with Gasteiger partial charge < -0.3 is 15.2 Å². The average molecular weight is 265 g/mol. The maximum Gasteiger partial charge on any atom is 0.216 e. The van der Waals surface area contributed by atoms with Crippen molar-refractivity contribution in [1.82, 2.24) is 9.97 Å². The second-order valence-corrected chi connectivity index (χ2v) is 4.66. The zero-order valence-electron chi connectivity index (χ0n) is 10.3. The standard InChI is InChI=1S/C12H15N3O2S/c1-16-10-3-4-18-12(10)9(13)5-8-6-11(17-2)15-7-14-8/h3-4,6-7,9H,5,13H2,1-2H3. The van der Waals surface area contributed by atoms with E-state index in [1.165, 1.54) is 6.33 Å². The third-order valence-electron chi connectivity index (χ3n) is 2.55. The van der Waals surface area contributed by atoms with Crippen LogP contribution in [0.3, 0.4) is 0 Å². The molecule has 0 bridgehead atoms. The third-order valence-corrected chi connectivity index (χ3v) is 3.58. The van der Waals surface area contributed by atoms with Gasteiger partial charge in [-0.3, -0.25) is 0 Å². The van der Waals surface area contributed by atoms with Crippen molar-refractivity contribution in [2.75, 3.05) is 14.2 Å². The smallest absolute Gasteiger partial charge is 0.216 e. The molecule has 2 aromatic rings. The molecular weight excluding hydrogens is 250 g/mol. The van der Waals surface area contributed by atoms with Gasteiger partial charge in [0.2, 0.25) is 5.88 Å². The van der Waals surface area contributed by atoms with Crippen molar-refractivity contribution in [3.8, 4) is 11.6 Å². The van der Waals surface area contributed by atoms with E-state index in [-0.39, 0.29) is 6.04 Å². The van der Waals surface area contributed by atoms with Crippen molar-refractivity contribution >= 4 is 11.3 Å². The van der Waals surface area contributed by atoms with Crippen molar-refractivity contribution in [2.24, 2.45) is 5.73 Å². The van der Waals surface area contributed by atoms with Gasteiger partial charge in [0.1, 0.15) is 12.1 Å². The quantitative estimate of drug-likeness (QED) is 0.892. The number of ether oxygens (including phenoxy) is 2. The van der Waals surface area contributed by atoms with E-state index in [4.69, 9.17) is 15.2 Å². The van der Waals surface area contributed by atoms with Crippen molar-refractivity contribution < 1.29 is 9.47 Å². The van der Waals surface area contributed by atoms with Crippen LogP contribution in [0.2, 0.25) is 0 Å². The SMILES string of the molecule is COc1cc(CC(N)c2sccc2OC)ncn1. The average Bonchev–Trinajstić information content (AvgIpc) is 2.87. The Bertz CT molecular complexity index is 516. The lowest BCUT2D eigenvalue weighted by Gasteiger charge is -2.11. The third kappa shape index (κ3) is 2.77. The molecule has 6 heteroatoms. The van der Waals surface area contributed by atoms with Gasteiger partial charge in [0.25, 0.3) is 0 Å². The highest BCUT2D eigenvalue weighted by Crippen LogP contribution is 2.31. The molecular formula is C12H15N3O2S. The number of methoxy groups -OCH3 is 2. The molecule has 18 heavy (non-hydrogen) atoms. The van der Waals surface area contributed by atoms with Crippen LogP contribution in [0.4, 0.5) is 0 Å². The number of nitrogens with zero attached hydrogens (tertiary/aromatic N) is 2. The molecule has 2 aromatic heterocycles. The second-order valence-electron chi connectivity index (χ2n) is 3.72. The van der Waals surface area contributed by atoms with Crippen LogP contribution in [-0.2, 0) is 6.42 Å². The van der Waals surface area contributed by atoms with Gasteiger partial charge in [-0.1, -0.05) is 0 Å². The summed E-state index contributed by atoms with van der Waals surface area (Å²) in [5.41, 5.74) is 7.02. The Morgan fingerprint density at radius 1 is 1.33 bits per heavy atom. The van der Waals surface area contributed by atoms with Crippen LogP contribution in [0.25, 0.3) is 0 Å². The Morgan fingerprint density at radius 3 is 2.89 bits per heavy atom. The van der Waals surface area contributed by atoms with Crippen molar-refractivity contribution in [3.63, 3.8) is 0 Å². The lowest BCUT2D eigenvalue weighted by Crippen LogP contribution is -2.13. The van der Waals surface area contributed by atoms with Gasteiger partial charge in [-0.2, -0.15) is 0 Å². The lowest BCUT2D eigenvalue weighted by atomic mass is 10.1. The number of nitrogens with two attached hydrogens (primary N) is 1. The van der Waals surface area contributed by atoms with Gasteiger partial charge >= 0.3 is 0 Å². The van der Waals surface area contributed by atoms with E-state index in [0.717, 1.165) is 16.3 Å². The fourth-order valence-corrected chi connectivity index (χ4v) is 2.53. The molecule has 2 heterocycles. The molecule has 0 aliphatic heterocycles. The molecule has 0 radical (unpaired) electrons. The molecule has 0 aliphatic rings. The van der Waals surface area contributed by atoms with E-state index < -0.39 is 0 Å². The van der Waals surface area contributed by atoms with Gasteiger partial charge in [0.05, 0.1) is 19.1 Å². The Balaban J connectivity index is 2.13. The summed E-state index contributed by atoms with van der Waals surface area (Å²) in [6.07, 6.45) is 2.10. The number of hydrogen-bond donors (Lipinski definition) is 1. The van der Waals surface area contributed by atoms with Gasteiger partial charge in [-0.05, 0) is 11.4 Å². The minimum Gasteiger partial charge on any atom is -0.496 e. The topological polar surface area (TPSA) is 70.3 Å². The number of hydrogen-bond acceptors (Lipinski definition) is 6. The molecule has 0 spiro atoms. The molecule has 5 nitrogen and oxygen atoms in total. The van der Waals surface area contributed by atoms with Crippen molar-refractivity contribution in [3.05, 3.63) is 34.4 Å². The molecule has 96 valence electrons. The summed E-state index contributed by atoms with van der Waals surface area (Å²) in [4.78, 5) is 9.17. The Kier molecular flexibility index (Phi) is 4.11. The first-order valence-corrected chi connectivity index (χ1v) is 6.34. The van der Waals surface area contributed by atoms with Gasteiger partial charge in [0.15, 0.2) is 0 Å². The molecule has 1 atom stereocenters. The summed E-state index contributed by atoms with van der Waals surface area (Å²) < 4.78 is 10.3. The van der Waals surface area contributed by atoms with Crippen LogP contribution in [0.5, 0.6) is 11.6 Å². The van der Waals surface area contributed by atoms with E-state index in [9.17, 15) is 0 Å². The van der Waals surface area contributed by atoms with Crippen LogP contribution in [-0.4, -0.2) is 24.2 Å². The van der Waals surface area contributed by atoms with Crippen molar-refractivity contribution in [1.29, 1.82) is 0 Å². The summed E-state index contributed by atoms with van der Waals surface area (Å²) in [6, 6.07) is 3.57. The Hall–Kier alpha value is -1.66. The highest BCUT2D eigenvalue weighted by molar-refractivity contribution is 7.10. The predicted octanol–water partition coefficient (Wildman–Crippen LogP) is 1.80. The zero-order chi connectivity index (χ0) is 13.0. The first-order valence-electron chi connectivity index (χ1n) is 5.46. The largest absolute Gasteiger partial charge is 0.496 e. The molecule has 0 aromatic carbocycles. The van der Waals surface area contributed by atoms with Gasteiger partial charge in [-0.15, -0.1) is 11.3 Å². The predicted molar refractivity (Wildman–Crippen MR) is 70.1 cm³/mol. The fourth-order valence-electron chi connectivity index (χ4n) is 1.67. The summed E-state index contributed by atoms with van der Waals surface area (Å²) >= 11 is 1.59. The minimum absolute atomic E-state index is 0.139. The molecule has 0 fully saturated rings. The van der Waals surface area contributed by atoms with Gasteiger partial charge in [0, 0.05) is 24.2 Å². The van der Waals surface area contributed by atoms with Crippen LogP contribution in [0.1, 0.15) is 16.6 Å². The molecule has 0 saturated heterocycles. The maximum atomic E-state index is 6.17. The molecule has 1 unspecified atom stereocenters. The monoisotopic (exact) mass is 265 g/mol. The summed E-state index contributed by atoms with van der Waals surface area (Å²) in [5, 5.41) is 1.97. The molecule has 0 aliphatic carbocycles. The number of rotatable bonds is 5. The Morgan fingerprint density at radius 2 is 2.17 bits per heavy atom. The van der Waals surface area contributed by atoms with Crippen LogP contribution in [0.15, 0.2) is 23.8 Å². The van der Waals surface area contributed by atoms with E-state index in [1.54, 1.807) is 31.6 Å². The van der Waals surface area contributed by atoms with Gasteiger partial charge in [-0.25, -0.2) is 9.97 Å². The van der Waals surface area contributed by atoms with Crippen LogP contribution < -0.4 is 15.2 Å².